The van der Waals surface area contributed by atoms with Crippen molar-refractivity contribution in [1.82, 2.24) is 9.88 Å². The van der Waals surface area contributed by atoms with Gasteiger partial charge >= 0.3 is 6.03 Å². The van der Waals surface area contributed by atoms with Crippen LogP contribution in [0.1, 0.15) is 11.7 Å². The van der Waals surface area contributed by atoms with E-state index in [9.17, 15) is 18.7 Å². The van der Waals surface area contributed by atoms with E-state index in [1.807, 2.05) is 35.9 Å². The van der Waals surface area contributed by atoms with Gasteiger partial charge in [-0.3, -0.25) is 0 Å². The van der Waals surface area contributed by atoms with E-state index < -0.39 is 29.5 Å². The van der Waals surface area contributed by atoms with Gasteiger partial charge in [0.15, 0.2) is 0 Å². The first-order chi connectivity index (χ1) is 12.0. The maximum atomic E-state index is 13.5. The lowest BCUT2D eigenvalue weighted by atomic mass is 10.1. The Morgan fingerprint density at radius 1 is 1.16 bits per heavy atom. The molecule has 0 radical (unpaired) electrons. The fourth-order valence-electron chi connectivity index (χ4n) is 2.71. The molecule has 25 heavy (non-hydrogen) atoms. The number of hydrogen-bond donors (Lipinski definition) is 3. The van der Waals surface area contributed by atoms with Crippen LogP contribution >= 0.6 is 0 Å². The van der Waals surface area contributed by atoms with E-state index in [4.69, 9.17) is 0 Å². The van der Waals surface area contributed by atoms with Crippen LogP contribution in [0.2, 0.25) is 0 Å². The van der Waals surface area contributed by atoms with E-state index in [1.54, 1.807) is 6.20 Å². The summed E-state index contributed by atoms with van der Waals surface area (Å²) < 4.78 is 28.9. The molecule has 1 atom stereocenters. The lowest BCUT2D eigenvalue weighted by Gasteiger charge is -2.13. The number of aliphatic hydroxyl groups excluding tert-OH is 1. The first-order valence-corrected chi connectivity index (χ1v) is 7.68. The monoisotopic (exact) mass is 345 g/mol. The van der Waals surface area contributed by atoms with E-state index >= 15 is 0 Å². The van der Waals surface area contributed by atoms with Crippen LogP contribution in [0.3, 0.4) is 0 Å². The van der Waals surface area contributed by atoms with Crippen LogP contribution in [0.4, 0.5) is 19.3 Å². The topological polar surface area (TPSA) is 66.3 Å². The van der Waals surface area contributed by atoms with Gasteiger partial charge in [-0.1, -0.05) is 24.3 Å². The van der Waals surface area contributed by atoms with Gasteiger partial charge in [0.2, 0.25) is 0 Å². The summed E-state index contributed by atoms with van der Waals surface area (Å²) in [5, 5.41) is 15.8. The first kappa shape index (κ1) is 16.9. The van der Waals surface area contributed by atoms with Crippen molar-refractivity contribution < 1.29 is 18.7 Å². The zero-order valence-corrected chi connectivity index (χ0v) is 13.5. The van der Waals surface area contributed by atoms with E-state index in [2.05, 4.69) is 10.6 Å². The van der Waals surface area contributed by atoms with Crippen molar-refractivity contribution in [3.05, 3.63) is 65.9 Å². The fraction of sp³-hybridized carbons (Fsp3) is 0.167. The number of rotatable bonds is 4. The van der Waals surface area contributed by atoms with E-state index in [0.717, 1.165) is 23.0 Å². The zero-order valence-electron chi connectivity index (χ0n) is 13.5. The van der Waals surface area contributed by atoms with Crippen molar-refractivity contribution in [3.63, 3.8) is 0 Å². The van der Waals surface area contributed by atoms with Crippen LogP contribution < -0.4 is 10.6 Å². The summed E-state index contributed by atoms with van der Waals surface area (Å²) in [6, 6.07) is 10.1. The smallest absolute Gasteiger partial charge is 0.319 e. The number of anilines is 1. The number of aliphatic hydroxyl groups is 1. The van der Waals surface area contributed by atoms with E-state index in [1.165, 1.54) is 6.07 Å². The van der Waals surface area contributed by atoms with Gasteiger partial charge in [-0.05, 0) is 18.2 Å². The second-order valence-electron chi connectivity index (χ2n) is 5.66. The maximum absolute atomic E-state index is 13.5. The molecular formula is C18H17F2N3O2. The van der Waals surface area contributed by atoms with Crippen molar-refractivity contribution in [2.24, 2.45) is 7.05 Å². The number of halogens is 2. The van der Waals surface area contributed by atoms with Crippen LogP contribution in [-0.4, -0.2) is 22.2 Å². The summed E-state index contributed by atoms with van der Waals surface area (Å²) in [6.07, 6.45) is 0.827. The molecule has 7 heteroatoms. The quantitative estimate of drug-likeness (QED) is 0.679. The lowest BCUT2D eigenvalue weighted by Crippen LogP contribution is -2.33. The third-order valence-corrected chi connectivity index (χ3v) is 3.94. The number of nitrogens with zero attached hydrogens (tertiary/aromatic N) is 1. The molecule has 0 aliphatic heterocycles. The Kier molecular flexibility index (Phi) is 4.67. The van der Waals surface area contributed by atoms with Crippen LogP contribution in [0, 0.1) is 11.6 Å². The molecule has 2 aromatic carbocycles. The van der Waals surface area contributed by atoms with Gasteiger partial charge in [0.25, 0.3) is 0 Å². The van der Waals surface area contributed by atoms with Crippen molar-refractivity contribution in [2.75, 3.05) is 11.9 Å². The molecule has 0 saturated heterocycles. The molecule has 1 heterocycles. The number of aryl methyl sites for hydroxylation is 1. The molecule has 0 bridgehead atoms. The van der Waals surface area contributed by atoms with Crippen LogP contribution in [0.5, 0.6) is 0 Å². The normalized spacial score (nSPS) is 12.2. The highest BCUT2D eigenvalue weighted by molar-refractivity contribution is 5.89. The molecule has 5 nitrogen and oxygen atoms in total. The first-order valence-electron chi connectivity index (χ1n) is 7.68. The Balaban J connectivity index is 1.67. The van der Waals surface area contributed by atoms with Crippen molar-refractivity contribution >= 4 is 22.6 Å². The molecule has 3 rings (SSSR count). The van der Waals surface area contributed by atoms with Gasteiger partial charge in [-0.15, -0.1) is 0 Å². The van der Waals surface area contributed by atoms with Crippen molar-refractivity contribution in [3.8, 4) is 0 Å². The Morgan fingerprint density at radius 3 is 2.56 bits per heavy atom. The molecule has 3 N–H and O–H groups in total. The Morgan fingerprint density at radius 2 is 1.84 bits per heavy atom. The average molecular weight is 345 g/mol. The number of carbonyl (C=O) groups excluding carboxylic acids is 1. The molecule has 0 saturated carbocycles. The second-order valence-corrected chi connectivity index (χ2v) is 5.66. The maximum Gasteiger partial charge on any atom is 0.319 e. The molecule has 1 unspecified atom stereocenters. The van der Waals surface area contributed by atoms with Crippen molar-refractivity contribution in [1.29, 1.82) is 0 Å². The molecule has 1 aromatic heterocycles. The third-order valence-electron chi connectivity index (χ3n) is 3.94. The predicted molar refractivity (Wildman–Crippen MR) is 91.3 cm³/mol. The molecule has 0 fully saturated rings. The average Bonchev–Trinajstić information content (AvgIpc) is 2.94. The minimum absolute atomic E-state index is 0.101. The van der Waals surface area contributed by atoms with Gasteiger partial charge in [0.05, 0.1) is 6.10 Å². The molecule has 0 aliphatic rings. The summed E-state index contributed by atoms with van der Waals surface area (Å²) in [5.41, 5.74) is 1.09. The Labute approximate surface area is 142 Å². The minimum atomic E-state index is -0.956. The van der Waals surface area contributed by atoms with Crippen LogP contribution in [0.25, 0.3) is 10.9 Å². The van der Waals surface area contributed by atoms with Gasteiger partial charge in [0, 0.05) is 36.3 Å². The predicted octanol–water partition coefficient (Wildman–Crippen LogP) is 3.31. The standard InChI is InChI=1S/C18H17F2N3O2/c1-23-10-12(11-5-2-3-8-15(11)23)16(24)9-21-18(25)22-17-13(19)6-4-7-14(17)20/h2-8,10,16,24H,9H2,1H3,(H2,21,22,25). The number of amides is 2. The van der Waals surface area contributed by atoms with Gasteiger partial charge < -0.3 is 20.3 Å². The molecule has 0 spiro atoms. The minimum Gasteiger partial charge on any atom is -0.386 e. The highest BCUT2D eigenvalue weighted by atomic mass is 19.1. The Bertz CT molecular complexity index is 904. The number of aromatic nitrogens is 1. The van der Waals surface area contributed by atoms with Gasteiger partial charge in [-0.25, -0.2) is 13.6 Å². The van der Waals surface area contributed by atoms with Crippen LogP contribution in [-0.2, 0) is 7.05 Å². The second kappa shape index (κ2) is 6.90. The summed E-state index contributed by atoms with van der Waals surface area (Å²) in [5.74, 6) is -1.74. The number of nitrogens with one attached hydrogen (secondary N) is 2. The molecular weight excluding hydrogens is 328 g/mol. The number of urea groups is 1. The number of para-hydroxylation sites is 2. The number of carbonyl (C=O) groups is 1. The number of hydrogen-bond acceptors (Lipinski definition) is 2. The molecule has 0 aliphatic carbocycles. The fourth-order valence-corrected chi connectivity index (χ4v) is 2.71. The number of benzene rings is 2. The number of fused-ring (bicyclic) bond motifs is 1. The molecule has 3 aromatic rings. The van der Waals surface area contributed by atoms with Crippen molar-refractivity contribution in [2.45, 2.75) is 6.10 Å². The zero-order chi connectivity index (χ0) is 18.0. The summed E-state index contributed by atoms with van der Waals surface area (Å²) in [4.78, 5) is 11.8. The Hall–Kier alpha value is -2.93. The van der Waals surface area contributed by atoms with E-state index in [0.29, 0.717) is 5.56 Å². The summed E-state index contributed by atoms with van der Waals surface area (Å²) in [7, 11) is 1.86. The largest absolute Gasteiger partial charge is 0.386 e. The van der Waals surface area contributed by atoms with E-state index in [-0.39, 0.29) is 6.54 Å². The SMILES string of the molecule is Cn1cc(C(O)CNC(=O)Nc2c(F)cccc2F)c2ccccc21. The summed E-state index contributed by atoms with van der Waals surface area (Å²) in [6.45, 7) is -0.101. The molecule has 2 amide bonds. The third kappa shape index (κ3) is 3.46. The molecule has 130 valence electrons. The highest BCUT2D eigenvalue weighted by Crippen LogP contribution is 2.25. The summed E-state index contributed by atoms with van der Waals surface area (Å²) >= 11 is 0. The van der Waals surface area contributed by atoms with Gasteiger partial charge in [0.1, 0.15) is 17.3 Å². The lowest BCUT2D eigenvalue weighted by molar-refractivity contribution is 0.176. The highest BCUT2D eigenvalue weighted by Gasteiger charge is 2.16. The van der Waals surface area contributed by atoms with Crippen LogP contribution in [0.15, 0.2) is 48.7 Å². The van der Waals surface area contributed by atoms with Gasteiger partial charge in [-0.2, -0.15) is 0 Å².